The second-order valence-corrected chi connectivity index (χ2v) is 4.15. The summed E-state index contributed by atoms with van der Waals surface area (Å²) in [5.41, 5.74) is 1.17. The van der Waals surface area contributed by atoms with E-state index in [9.17, 15) is 0 Å². The molecule has 0 aromatic rings. The van der Waals surface area contributed by atoms with E-state index in [1.54, 1.807) is 0 Å². The van der Waals surface area contributed by atoms with Crippen molar-refractivity contribution in [3.8, 4) is 0 Å². The predicted octanol–water partition coefficient (Wildman–Crippen LogP) is 3.33. The van der Waals surface area contributed by atoms with Crippen LogP contribution in [-0.2, 0) is 0 Å². The van der Waals surface area contributed by atoms with Crippen LogP contribution in [-0.4, -0.2) is 0 Å². The molecule has 3 unspecified atom stereocenters. The van der Waals surface area contributed by atoms with E-state index in [0.717, 1.165) is 17.8 Å². The minimum atomic E-state index is 0.802. The molecule has 0 N–H and O–H groups in total. The topological polar surface area (TPSA) is 0 Å². The largest absolute Gasteiger partial charge is 0.0961 e. The van der Waals surface area contributed by atoms with Crippen LogP contribution in [0.3, 0.4) is 0 Å². The third-order valence-corrected chi connectivity index (χ3v) is 2.96. The van der Waals surface area contributed by atoms with E-state index in [0.29, 0.717) is 0 Å². The third kappa shape index (κ3) is 1.38. The first kappa shape index (κ1) is 7.85. The summed E-state index contributed by atoms with van der Waals surface area (Å²) in [6.45, 7) is 5.93. The van der Waals surface area contributed by atoms with Crippen LogP contribution < -0.4 is 0 Å². The summed E-state index contributed by atoms with van der Waals surface area (Å²) in [7, 11) is 0. The van der Waals surface area contributed by atoms with Crippen molar-refractivity contribution in [2.45, 2.75) is 19.8 Å². The molecule has 1 fully saturated rings. The van der Waals surface area contributed by atoms with Gasteiger partial charge in [0.1, 0.15) is 0 Å². The fourth-order valence-corrected chi connectivity index (χ4v) is 2.33. The Kier molecular flexibility index (Phi) is 1.92. The first-order chi connectivity index (χ1) is 5.75. The molecular weight excluding hydrogens is 144 g/mol. The molecular formula is C12H16. The van der Waals surface area contributed by atoms with E-state index in [4.69, 9.17) is 0 Å². The minimum absolute atomic E-state index is 0.802. The molecule has 12 heavy (non-hydrogen) atoms. The zero-order valence-corrected chi connectivity index (χ0v) is 7.66. The molecule has 0 aromatic carbocycles. The highest BCUT2D eigenvalue weighted by atomic mass is 14.4. The Morgan fingerprint density at radius 3 is 2.75 bits per heavy atom. The molecule has 0 heteroatoms. The molecule has 0 nitrogen and oxygen atoms in total. The molecule has 64 valence electrons. The summed E-state index contributed by atoms with van der Waals surface area (Å²) in [5, 5.41) is 0. The molecule has 0 amide bonds. The lowest BCUT2D eigenvalue weighted by atomic mass is 9.93. The smallest absolute Gasteiger partial charge is 0.0161 e. The SMILES string of the molecule is C=C(C)/C=C/C1CC2C=CC1C2. The van der Waals surface area contributed by atoms with Gasteiger partial charge in [-0.25, -0.2) is 0 Å². The van der Waals surface area contributed by atoms with Crippen molar-refractivity contribution in [1.82, 2.24) is 0 Å². The zero-order valence-electron chi connectivity index (χ0n) is 7.66. The maximum Gasteiger partial charge on any atom is -0.0161 e. The van der Waals surface area contributed by atoms with Crippen LogP contribution in [0.1, 0.15) is 19.8 Å². The van der Waals surface area contributed by atoms with Crippen LogP contribution in [0.5, 0.6) is 0 Å². The number of hydrogen-bond acceptors (Lipinski definition) is 0. The Morgan fingerprint density at radius 2 is 2.25 bits per heavy atom. The van der Waals surface area contributed by atoms with Gasteiger partial charge in [-0.3, -0.25) is 0 Å². The van der Waals surface area contributed by atoms with Crippen molar-refractivity contribution in [2.75, 3.05) is 0 Å². The van der Waals surface area contributed by atoms with E-state index in [-0.39, 0.29) is 0 Å². The highest BCUT2D eigenvalue weighted by molar-refractivity contribution is 5.18. The van der Waals surface area contributed by atoms with Crippen LogP contribution >= 0.6 is 0 Å². The highest BCUT2D eigenvalue weighted by Crippen LogP contribution is 2.43. The second-order valence-electron chi connectivity index (χ2n) is 4.15. The monoisotopic (exact) mass is 160 g/mol. The molecule has 0 aromatic heterocycles. The van der Waals surface area contributed by atoms with Crippen LogP contribution in [0, 0.1) is 17.8 Å². The molecule has 0 heterocycles. The lowest BCUT2D eigenvalue weighted by molar-refractivity contribution is 0.550. The first-order valence-corrected chi connectivity index (χ1v) is 4.78. The lowest BCUT2D eigenvalue weighted by Gasteiger charge is -2.12. The Bertz CT molecular complexity index is 245. The van der Waals surface area contributed by atoms with E-state index in [2.05, 4.69) is 37.8 Å². The van der Waals surface area contributed by atoms with Crippen molar-refractivity contribution < 1.29 is 0 Å². The third-order valence-electron chi connectivity index (χ3n) is 2.96. The number of fused-ring (bicyclic) bond motifs is 2. The van der Waals surface area contributed by atoms with Gasteiger partial charge in [0.25, 0.3) is 0 Å². The fourth-order valence-electron chi connectivity index (χ4n) is 2.33. The molecule has 0 saturated heterocycles. The zero-order chi connectivity index (χ0) is 8.55. The van der Waals surface area contributed by atoms with Crippen molar-refractivity contribution in [2.24, 2.45) is 17.8 Å². The molecule has 3 atom stereocenters. The van der Waals surface area contributed by atoms with Crippen LogP contribution in [0.15, 0.2) is 36.5 Å². The predicted molar refractivity (Wildman–Crippen MR) is 52.8 cm³/mol. The molecule has 2 rings (SSSR count). The molecule has 2 aliphatic rings. The lowest BCUT2D eigenvalue weighted by Crippen LogP contribution is -2.02. The minimum Gasteiger partial charge on any atom is -0.0961 e. The number of rotatable bonds is 2. The molecule has 0 aliphatic heterocycles. The quantitative estimate of drug-likeness (QED) is 0.429. The Hall–Kier alpha value is -0.780. The standard InChI is InChI=1S/C12H16/c1-9(2)3-5-11-7-10-4-6-12(11)8-10/h3-6,10-12H,1,7-8H2,2H3/b5-3+. The number of hydrogen-bond donors (Lipinski definition) is 0. The molecule has 0 spiro atoms. The average molecular weight is 160 g/mol. The molecule has 1 saturated carbocycles. The Labute approximate surface area is 74.7 Å². The Morgan fingerprint density at radius 1 is 1.42 bits per heavy atom. The van der Waals surface area contributed by atoms with Crippen molar-refractivity contribution in [3.63, 3.8) is 0 Å². The number of allylic oxidation sites excluding steroid dienone is 5. The normalized spacial score (nSPS) is 38.2. The highest BCUT2D eigenvalue weighted by Gasteiger charge is 2.33. The molecule has 2 bridgehead atoms. The summed E-state index contributed by atoms with van der Waals surface area (Å²) >= 11 is 0. The summed E-state index contributed by atoms with van der Waals surface area (Å²) in [4.78, 5) is 0. The van der Waals surface area contributed by atoms with Gasteiger partial charge in [0.05, 0.1) is 0 Å². The van der Waals surface area contributed by atoms with E-state index in [1.807, 2.05) is 0 Å². The van der Waals surface area contributed by atoms with Gasteiger partial charge >= 0.3 is 0 Å². The van der Waals surface area contributed by atoms with E-state index < -0.39 is 0 Å². The summed E-state index contributed by atoms with van der Waals surface area (Å²) in [6, 6.07) is 0. The first-order valence-electron chi connectivity index (χ1n) is 4.78. The van der Waals surface area contributed by atoms with E-state index >= 15 is 0 Å². The van der Waals surface area contributed by atoms with Gasteiger partial charge in [-0.05, 0) is 37.5 Å². The van der Waals surface area contributed by atoms with Crippen molar-refractivity contribution in [3.05, 3.63) is 36.5 Å². The van der Waals surface area contributed by atoms with Crippen LogP contribution in [0.4, 0.5) is 0 Å². The van der Waals surface area contributed by atoms with E-state index in [1.165, 1.54) is 18.4 Å². The maximum atomic E-state index is 3.87. The van der Waals surface area contributed by atoms with Gasteiger partial charge in [-0.2, -0.15) is 0 Å². The fraction of sp³-hybridized carbons (Fsp3) is 0.500. The Balaban J connectivity index is 1.99. The summed E-state index contributed by atoms with van der Waals surface area (Å²) in [5.74, 6) is 2.53. The summed E-state index contributed by atoms with van der Waals surface area (Å²) < 4.78 is 0. The van der Waals surface area contributed by atoms with Gasteiger partial charge in [0, 0.05) is 0 Å². The maximum absolute atomic E-state index is 3.87. The van der Waals surface area contributed by atoms with Crippen LogP contribution in [0.2, 0.25) is 0 Å². The van der Waals surface area contributed by atoms with Gasteiger partial charge in [0.15, 0.2) is 0 Å². The van der Waals surface area contributed by atoms with Gasteiger partial charge in [-0.1, -0.05) is 36.5 Å². The van der Waals surface area contributed by atoms with Gasteiger partial charge in [-0.15, -0.1) is 0 Å². The van der Waals surface area contributed by atoms with Crippen molar-refractivity contribution >= 4 is 0 Å². The summed E-state index contributed by atoms with van der Waals surface area (Å²) in [6.07, 6.45) is 12.0. The van der Waals surface area contributed by atoms with Crippen LogP contribution in [0.25, 0.3) is 0 Å². The van der Waals surface area contributed by atoms with Crippen molar-refractivity contribution in [1.29, 1.82) is 0 Å². The molecule has 0 radical (unpaired) electrons. The van der Waals surface area contributed by atoms with Gasteiger partial charge < -0.3 is 0 Å². The molecule has 2 aliphatic carbocycles. The van der Waals surface area contributed by atoms with Gasteiger partial charge in [0.2, 0.25) is 0 Å². The average Bonchev–Trinajstić information content (AvgIpc) is 2.60. The second kappa shape index (κ2) is 2.93.